The summed E-state index contributed by atoms with van der Waals surface area (Å²) in [4.78, 5) is 15.1. The van der Waals surface area contributed by atoms with Gasteiger partial charge in [-0.2, -0.15) is 0 Å². The van der Waals surface area contributed by atoms with Crippen molar-refractivity contribution in [2.75, 3.05) is 0 Å². The first-order chi connectivity index (χ1) is 17.6. The quantitative estimate of drug-likeness (QED) is 0.132. The lowest BCUT2D eigenvalue weighted by Gasteiger charge is -2.12. The molecule has 0 amide bonds. The number of allylic oxidation sites excluding steroid dienone is 4. The van der Waals surface area contributed by atoms with Gasteiger partial charge in [0.1, 0.15) is 11.5 Å². The zero-order chi connectivity index (χ0) is 25.6. The lowest BCUT2D eigenvalue weighted by atomic mass is 10.1. The summed E-state index contributed by atoms with van der Waals surface area (Å²) in [6.07, 6.45) is 18.6. The SMILES string of the molecule is C=CCCCCC=CCCCCC=Cc1c(O)n(-c2ccc(Oc3ccccc3)cc2)c(=S)[nH]c1=O. The van der Waals surface area contributed by atoms with Crippen molar-refractivity contribution >= 4 is 18.3 Å². The number of nitrogens with one attached hydrogen (secondary N) is 1. The van der Waals surface area contributed by atoms with Gasteiger partial charge in [-0.25, -0.2) is 0 Å². The number of hydrogen-bond donors (Lipinski definition) is 2. The van der Waals surface area contributed by atoms with Crippen molar-refractivity contribution in [3.8, 4) is 23.1 Å². The normalized spacial score (nSPS) is 11.3. The predicted octanol–water partition coefficient (Wildman–Crippen LogP) is 8.27. The Labute approximate surface area is 218 Å². The summed E-state index contributed by atoms with van der Waals surface area (Å²) in [5.74, 6) is 1.20. The van der Waals surface area contributed by atoms with Crippen molar-refractivity contribution in [3.63, 3.8) is 0 Å². The highest BCUT2D eigenvalue weighted by atomic mass is 32.1. The summed E-state index contributed by atoms with van der Waals surface area (Å²) >= 11 is 5.32. The molecule has 6 heteroatoms. The van der Waals surface area contributed by atoms with E-state index in [-0.39, 0.29) is 16.2 Å². The summed E-state index contributed by atoms with van der Waals surface area (Å²) < 4.78 is 7.40. The molecule has 2 N–H and O–H groups in total. The first kappa shape index (κ1) is 27.0. The molecule has 1 aromatic heterocycles. The number of aromatic amines is 1. The van der Waals surface area contributed by atoms with E-state index in [1.165, 1.54) is 17.4 Å². The minimum atomic E-state index is -0.409. The fourth-order valence-corrected chi connectivity index (χ4v) is 4.01. The highest BCUT2D eigenvalue weighted by molar-refractivity contribution is 7.71. The van der Waals surface area contributed by atoms with Gasteiger partial charge in [0, 0.05) is 0 Å². The molecule has 0 aliphatic carbocycles. The molecule has 3 aromatic rings. The van der Waals surface area contributed by atoms with Crippen LogP contribution in [0.2, 0.25) is 0 Å². The summed E-state index contributed by atoms with van der Waals surface area (Å²) in [7, 11) is 0. The largest absolute Gasteiger partial charge is 0.494 e. The fourth-order valence-electron chi connectivity index (χ4n) is 3.73. The van der Waals surface area contributed by atoms with E-state index in [0.29, 0.717) is 11.4 Å². The summed E-state index contributed by atoms with van der Waals surface area (Å²) in [6.45, 7) is 3.74. The molecule has 0 fully saturated rings. The van der Waals surface area contributed by atoms with E-state index in [0.717, 1.165) is 44.3 Å². The Bertz CT molecular complexity index is 1270. The summed E-state index contributed by atoms with van der Waals surface area (Å²) in [5.41, 5.74) is 0.404. The van der Waals surface area contributed by atoms with Gasteiger partial charge in [0.05, 0.1) is 11.3 Å². The van der Waals surface area contributed by atoms with Crippen molar-refractivity contribution in [2.24, 2.45) is 0 Å². The van der Waals surface area contributed by atoms with Gasteiger partial charge in [-0.05, 0) is 106 Å². The number of H-pyrrole nitrogens is 1. The number of nitrogens with zero attached hydrogens (tertiary/aromatic N) is 1. The van der Waals surface area contributed by atoms with Crippen molar-refractivity contribution in [1.29, 1.82) is 0 Å². The monoisotopic (exact) mass is 502 g/mol. The highest BCUT2D eigenvalue weighted by Crippen LogP contribution is 2.25. The van der Waals surface area contributed by atoms with Gasteiger partial charge >= 0.3 is 0 Å². The molecule has 0 spiro atoms. The average Bonchev–Trinajstić information content (AvgIpc) is 2.88. The van der Waals surface area contributed by atoms with E-state index in [9.17, 15) is 9.90 Å². The Balaban J connectivity index is 1.58. The van der Waals surface area contributed by atoms with Gasteiger partial charge in [-0.3, -0.25) is 14.3 Å². The maximum absolute atomic E-state index is 12.5. The van der Waals surface area contributed by atoms with Crippen LogP contribution in [0.3, 0.4) is 0 Å². The zero-order valence-electron chi connectivity index (χ0n) is 20.6. The third-order valence-corrected chi connectivity index (χ3v) is 5.95. The number of unbranched alkanes of at least 4 members (excludes halogenated alkanes) is 6. The van der Waals surface area contributed by atoms with Crippen LogP contribution < -0.4 is 10.3 Å². The number of hydrogen-bond acceptors (Lipinski definition) is 4. The minimum Gasteiger partial charge on any atom is -0.494 e. The molecule has 5 nitrogen and oxygen atoms in total. The Morgan fingerprint density at radius 1 is 0.861 bits per heavy atom. The molecular formula is C30H34N2O3S. The topological polar surface area (TPSA) is 67.2 Å². The second-order valence-corrected chi connectivity index (χ2v) is 8.86. The highest BCUT2D eigenvalue weighted by Gasteiger charge is 2.12. The van der Waals surface area contributed by atoms with Crippen molar-refractivity contribution in [1.82, 2.24) is 9.55 Å². The maximum atomic E-state index is 12.5. The first-order valence-corrected chi connectivity index (χ1v) is 12.8. The predicted molar refractivity (Wildman–Crippen MR) is 151 cm³/mol. The molecule has 0 bridgehead atoms. The van der Waals surface area contributed by atoms with Crippen LogP contribution in [0.4, 0.5) is 0 Å². The van der Waals surface area contributed by atoms with E-state index >= 15 is 0 Å². The van der Waals surface area contributed by atoms with Gasteiger partial charge in [0.25, 0.3) is 5.56 Å². The number of para-hydroxylation sites is 1. The van der Waals surface area contributed by atoms with E-state index in [1.807, 2.05) is 42.5 Å². The molecule has 0 radical (unpaired) electrons. The van der Waals surface area contributed by atoms with Crippen molar-refractivity contribution in [2.45, 2.75) is 51.4 Å². The van der Waals surface area contributed by atoms with Crippen molar-refractivity contribution < 1.29 is 9.84 Å². The van der Waals surface area contributed by atoms with Gasteiger partial charge in [0.2, 0.25) is 5.88 Å². The smallest absolute Gasteiger partial charge is 0.262 e. The second-order valence-electron chi connectivity index (χ2n) is 8.47. The standard InChI is InChI=1S/C30H34N2O3S/c1-2-3-4-5-6-7-8-9-10-11-12-16-19-27-28(33)31-30(36)32(29(27)34)24-20-22-26(23-21-24)35-25-17-14-13-15-18-25/h2,7-8,13-23,34H,1,3-6,9-12H2,(H,31,33,36). The van der Waals surface area contributed by atoms with Crippen LogP contribution in [0.25, 0.3) is 11.8 Å². The minimum absolute atomic E-state index is 0.127. The molecule has 1 heterocycles. The molecule has 36 heavy (non-hydrogen) atoms. The van der Waals surface area contributed by atoms with Crippen LogP contribution in [0, 0.1) is 4.77 Å². The van der Waals surface area contributed by atoms with E-state index in [1.54, 1.807) is 30.3 Å². The molecule has 0 saturated carbocycles. The number of ether oxygens (including phenoxy) is 1. The fraction of sp³-hybridized carbons (Fsp3) is 0.267. The van der Waals surface area contributed by atoms with Gasteiger partial charge in [-0.1, -0.05) is 42.5 Å². The van der Waals surface area contributed by atoms with Crippen LogP contribution >= 0.6 is 12.2 Å². The molecule has 0 aliphatic heterocycles. The van der Waals surface area contributed by atoms with Crippen molar-refractivity contribution in [3.05, 3.63) is 106 Å². The van der Waals surface area contributed by atoms with Crippen LogP contribution in [0.15, 0.2) is 90.3 Å². The molecule has 0 saturated heterocycles. The Morgan fingerprint density at radius 3 is 2.08 bits per heavy atom. The van der Waals surface area contributed by atoms with Crippen LogP contribution in [-0.2, 0) is 0 Å². The lowest BCUT2D eigenvalue weighted by molar-refractivity contribution is 0.431. The number of benzene rings is 2. The van der Waals surface area contributed by atoms with Crippen LogP contribution in [-0.4, -0.2) is 14.7 Å². The molecule has 3 rings (SSSR count). The molecule has 0 atom stereocenters. The van der Waals surface area contributed by atoms with E-state index < -0.39 is 5.56 Å². The molecule has 2 aromatic carbocycles. The van der Waals surface area contributed by atoms with Gasteiger partial charge in [-0.15, -0.1) is 6.58 Å². The maximum Gasteiger partial charge on any atom is 0.262 e. The average molecular weight is 503 g/mol. The van der Waals surface area contributed by atoms with Crippen LogP contribution in [0.5, 0.6) is 17.4 Å². The second kappa shape index (κ2) is 14.7. The zero-order valence-corrected chi connectivity index (χ0v) is 21.4. The first-order valence-electron chi connectivity index (χ1n) is 12.4. The molecular weight excluding hydrogens is 468 g/mol. The van der Waals surface area contributed by atoms with Gasteiger partial charge in [0.15, 0.2) is 4.77 Å². The number of aromatic hydroxyl groups is 1. The Kier molecular flexibility index (Phi) is 11.0. The van der Waals surface area contributed by atoms with E-state index in [4.69, 9.17) is 17.0 Å². The third kappa shape index (κ3) is 8.24. The van der Waals surface area contributed by atoms with Gasteiger partial charge < -0.3 is 9.84 Å². The summed E-state index contributed by atoms with van der Waals surface area (Å²) in [5, 5.41) is 10.9. The molecule has 0 unspecified atom stereocenters. The Hall–Kier alpha value is -3.64. The number of aromatic nitrogens is 2. The Morgan fingerprint density at radius 2 is 1.44 bits per heavy atom. The molecule has 0 aliphatic rings. The lowest BCUT2D eigenvalue weighted by Crippen LogP contribution is -2.15. The van der Waals surface area contributed by atoms with Crippen LogP contribution in [0.1, 0.15) is 56.9 Å². The third-order valence-electron chi connectivity index (χ3n) is 5.67. The molecule has 188 valence electrons. The van der Waals surface area contributed by atoms with E-state index in [2.05, 4.69) is 23.7 Å². The number of rotatable bonds is 14. The summed E-state index contributed by atoms with van der Waals surface area (Å²) in [6, 6.07) is 16.6.